The Hall–Kier alpha value is -0.0257. The first-order valence-electron chi connectivity index (χ1n) is 6.16. The van der Waals surface area contributed by atoms with Crippen LogP contribution < -0.4 is 24.8 Å². The van der Waals surface area contributed by atoms with E-state index in [0.29, 0.717) is 15.4 Å². The summed E-state index contributed by atoms with van der Waals surface area (Å²) < 4.78 is 20.7. The summed E-state index contributed by atoms with van der Waals surface area (Å²) in [5, 5.41) is 1.24. The summed E-state index contributed by atoms with van der Waals surface area (Å²) in [6.45, 7) is 0. The van der Waals surface area contributed by atoms with Crippen LogP contribution in [-0.2, 0) is 17.4 Å². The third kappa shape index (κ3) is 3.75. The van der Waals surface area contributed by atoms with Crippen LogP contribution in [0.15, 0.2) is 30.3 Å². The average molecular weight is 338 g/mol. The average Bonchev–Trinajstić information content (AvgIpc) is 2.72. The van der Waals surface area contributed by atoms with Gasteiger partial charge in [-0.3, -0.25) is 0 Å². The van der Waals surface area contributed by atoms with E-state index in [1.54, 1.807) is 0 Å². The number of para-hydroxylation sites is 1. The van der Waals surface area contributed by atoms with Gasteiger partial charge in [0.1, 0.15) is 0 Å². The minimum absolute atomic E-state index is 0. The number of benzene rings is 1. The summed E-state index contributed by atoms with van der Waals surface area (Å²) in [7, 11) is 0. The van der Waals surface area contributed by atoms with Gasteiger partial charge in [-0.1, -0.05) is 0 Å². The van der Waals surface area contributed by atoms with Crippen molar-refractivity contribution in [1.29, 1.82) is 0 Å². The molecule has 104 valence electrons. The first kappa shape index (κ1) is 17.0. The fourth-order valence-corrected chi connectivity index (χ4v) is 5.63. The minimum atomic E-state index is -3.30. The molecule has 0 atom stereocenters. The van der Waals surface area contributed by atoms with Gasteiger partial charge in [-0.25, -0.2) is 0 Å². The second-order valence-electron chi connectivity index (χ2n) is 5.07. The molecule has 3 nitrogen and oxygen atoms in total. The van der Waals surface area contributed by atoms with Crippen molar-refractivity contribution in [2.45, 2.75) is 28.2 Å². The second kappa shape index (κ2) is 6.62. The van der Waals surface area contributed by atoms with Crippen molar-refractivity contribution in [3.63, 3.8) is 0 Å². The van der Waals surface area contributed by atoms with Gasteiger partial charge in [-0.15, -0.1) is 0 Å². The van der Waals surface area contributed by atoms with Gasteiger partial charge in [0.2, 0.25) is 0 Å². The van der Waals surface area contributed by atoms with Gasteiger partial charge in [0.05, 0.1) is 0 Å². The number of H-pyrrole nitrogens is 1. The molecule has 1 aliphatic rings. The molecule has 3 N–H and O–H groups in total. The molecule has 0 bridgehead atoms. The van der Waals surface area contributed by atoms with Crippen LogP contribution in [-0.4, -0.2) is 12.4 Å². The Balaban J connectivity index is 0.000000902. The molecule has 3 rings (SSSR count). The van der Waals surface area contributed by atoms with Gasteiger partial charge in [-0.05, 0) is 0 Å². The normalized spacial score (nSPS) is 16.9. The molecular weight excluding hydrogens is 321 g/mol. The van der Waals surface area contributed by atoms with Crippen LogP contribution in [0.5, 0.6) is 0 Å². The fourth-order valence-electron chi connectivity index (χ4n) is 2.71. The fraction of sp³-hybridized carbons (Fsp3) is 0.385. The Bertz CT molecular complexity index is 501. The zero-order valence-corrected chi connectivity index (χ0v) is 13.5. The van der Waals surface area contributed by atoms with E-state index in [1.165, 1.54) is 16.6 Å². The number of rotatable bonds is 1. The molecule has 1 saturated heterocycles. The number of halogens is 2. The number of nitrogens with one attached hydrogen (secondary N) is 1. The molecule has 1 aliphatic heterocycles. The topological polar surface area (TPSA) is 56.2 Å². The van der Waals surface area contributed by atoms with E-state index in [4.69, 9.17) is 0 Å². The summed E-state index contributed by atoms with van der Waals surface area (Å²) in [5.41, 5.74) is 2.43. The van der Waals surface area contributed by atoms with Gasteiger partial charge in [0, 0.05) is 0 Å². The second-order valence-corrected chi connectivity index (χ2v) is 9.70. The summed E-state index contributed by atoms with van der Waals surface area (Å²) >= 11 is -3.30. The maximum absolute atomic E-state index is 9.71. The Morgan fingerprint density at radius 1 is 1.05 bits per heavy atom. The van der Waals surface area contributed by atoms with E-state index in [2.05, 4.69) is 23.2 Å². The van der Waals surface area contributed by atoms with Gasteiger partial charge < -0.3 is 24.8 Å². The van der Waals surface area contributed by atoms with Crippen molar-refractivity contribution in [2.75, 3.05) is 0 Å². The van der Waals surface area contributed by atoms with Gasteiger partial charge in [0.25, 0.3) is 0 Å². The summed E-state index contributed by atoms with van der Waals surface area (Å²) in [6, 6.07) is 10.5. The predicted octanol–water partition coefficient (Wildman–Crippen LogP) is -3.14. The molecule has 1 aromatic carbocycles. The van der Waals surface area contributed by atoms with Crippen molar-refractivity contribution >= 4 is 10.9 Å². The maximum atomic E-state index is 9.71. The number of aromatic amines is 1. The third-order valence-electron chi connectivity index (χ3n) is 3.78. The van der Waals surface area contributed by atoms with Crippen molar-refractivity contribution in [1.82, 2.24) is 4.98 Å². The number of hydrogen-bond donors (Lipinski definition) is 3. The molecule has 0 amide bonds. The Morgan fingerprint density at radius 3 is 2.32 bits per heavy atom. The summed E-state index contributed by atoms with van der Waals surface area (Å²) in [4.78, 5) is 3.45. The van der Waals surface area contributed by atoms with E-state index >= 15 is 0 Å². The van der Waals surface area contributed by atoms with E-state index in [1.807, 2.05) is 12.1 Å². The molecular formula is C13H17Cl2NO2Ti. The van der Waals surface area contributed by atoms with Crippen LogP contribution in [0, 0.1) is 0 Å². The first-order chi connectivity index (χ1) is 8.14. The Morgan fingerprint density at radius 2 is 1.68 bits per heavy atom. The van der Waals surface area contributed by atoms with Crippen LogP contribution in [0.2, 0.25) is 9.45 Å². The van der Waals surface area contributed by atoms with Crippen LogP contribution in [0.25, 0.3) is 10.9 Å². The molecule has 0 unspecified atom stereocenters. The molecule has 1 fully saturated rings. The monoisotopic (exact) mass is 337 g/mol. The molecule has 19 heavy (non-hydrogen) atoms. The molecule has 0 radical (unpaired) electrons. The SMILES string of the molecule is [Cl-].[Cl-].[OH][Ti+2]1([OH])[CH2]CC(c2cc3ccccc3[nH]2)C[CH2]1. The molecule has 2 aromatic rings. The quantitative estimate of drug-likeness (QED) is 0.482. The van der Waals surface area contributed by atoms with Crippen molar-refractivity contribution < 1.29 is 49.6 Å². The summed E-state index contributed by atoms with van der Waals surface area (Å²) in [6.07, 6.45) is 1.83. The van der Waals surface area contributed by atoms with Gasteiger partial charge in [0.15, 0.2) is 0 Å². The van der Waals surface area contributed by atoms with E-state index in [-0.39, 0.29) is 24.8 Å². The van der Waals surface area contributed by atoms with Gasteiger partial charge in [-0.2, -0.15) is 0 Å². The molecule has 0 spiro atoms. The number of hydrogen-bond acceptors (Lipinski definition) is 2. The van der Waals surface area contributed by atoms with Crippen molar-refractivity contribution in [2.24, 2.45) is 0 Å². The van der Waals surface area contributed by atoms with Crippen LogP contribution in [0.3, 0.4) is 0 Å². The number of aromatic nitrogens is 1. The Labute approximate surface area is 129 Å². The van der Waals surface area contributed by atoms with Crippen molar-refractivity contribution in [3.05, 3.63) is 36.0 Å². The molecule has 2 heterocycles. The molecule has 0 aliphatic carbocycles. The van der Waals surface area contributed by atoms with Gasteiger partial charge >= 0.3 is 105 Å². The van der Waals surface area contributed by atoms with E-state index in [0.717, 1.165) is 12.8 Å². The first-order valence-corrected chi connectivity index (χ1v) is 9.77. The van der Waals surface area contributed by atoms with Crippen LogP contribution >= 0.6 is 0 Å². The third-order valence-corrected chi connectivity index (χ3v) is 7.18. The van der Waals surface area contributed by atoms with Crippen LogP contribution in [0.4, 0.5) is 0 Å². The van der Waals surface area contributed by atoms with E-state index < -0.39 is 17.4 Å². The van der Waals surface area contributed by atoms with E-state index in [9.17, 15) is 7.38 Å². The number of fused-ring (bicyclic) bond motifs is 1. The summed E-state index contributed by atoms with van der Waals surface area (Å²) in [5.74, 6) is 0.473. The zero-order valence-electron chi connectivity index (χ0n) is 10.4. The Kier molecular flexibility index (Phi) is 5.93. The molecule has 1 aromatic heterocycles. The zero-order chi connectivity index (χ0) is 11.9. The molecule has 6 heteroatoms. The van der Waals surface area contributed by atoms with Crippen LogP contribution in [0.1, 0.15) is 24.5 Å². The standard InChI is InChI=1S/C13H15N.2ClH.2H2O.Ti/c1-3-10(4-2)13-9-11-7-5-6-8-12(11)14-13;;;;;/h5-10,14H,1-4H2;2*1H;2*1H2;/q;;;;;+4/p-4. The van der Waals surface area contributed by atoms with Crippen molar-refractivity contribution in [3.8, 4) is 0 Å². The predicted molar refractivity (Wildman–Crippen MR) is 64.3 cm³/mol. The molecule has 0 saturated carbocycles.